The summed E-state index contributed by atoms with van der Waals surface area (Å²) in [6.45, 7) is 5.78. The average Bonchev–Trinajstić information content (AvgIpc) is 3.05. The first-order chi connectivity index (χ1) is 20.6. The van der Waals surface area contributed by atoms with Crippen LogP contribution in [-0.2, 0) is 21.1 Å². The number of benzene rings is 6. The van der Waals surface area contributed by atoms with Crippen molar-refractivity contribution in [1.29, 1.82) is 0 Å². The second-order valence-electron chi connectivity index (χ2n) is 9.22. The Balaban J connectivity index is 0.000000206. The van der Waals surface area contributed by atoms with E-state index in [2.05, 4.69) is 195 Å². The van der Waals surface area contributed by atoms with Crippen LogP contribution in [0, 0.1) is 6.92 Å². The molecule has 0 saturated carbocycles. The second kappa shape index (κ2) is 18.7. The molecule has 1 nitrogen and oxygen atoms in total. The molecule has 6 aromatic rings. The van der Waals surface area contributed by atoms with Crippen LogP contribution in [0.3, 0.4) is 0 Å². The van der Waals surface area contributed by atoms with Gasteiger partial charge < -0.3 is 5.11 Å². The van der Waals surface area contributed by atoms with Crippen LogP contribution >= 0.6 is 15.8 Å². The van der Waals surface area contributed by atoms with Gasteiger partial charge in [0.2, 0.25) is 0 Å². The molecule has 0 radical (unpaired) electrons. The van der Waals surface area contributed by atoms with Crippen LogP contribution in [0.4, 0.5) is 0 Å². The third kappa shape index (κ3) is 10.8. The van der Waals surface area contributed by atoms with Crippen molar-refractivity contribution in [2.75, 3.05) is 0 Å². The van der Waals surface area contributed by atoms with Crippen LogP contribution in [0.25, 0.3) is 0 Å². The third-order valence-electron chi connectivity index (χ3n) is 6.09. The molecule has 216 valence electrons. The standard InChI is InChI=1S/2C18H15P.C3H5O.Pt/c2*1-4-10-16(11-5-1)19(17-12-6-2-7-13-17)18-14-8-3-9-15-18;1-3(2)4;/h2*1-15H;4H,1-2H2;/q;;-1;+2/p-1. The Bertz CT molecular complexity index is 1270. The van der Waals surface area contributed by atoms with Gasteiger partial charge in [-0.15, -0.1) is 0 Å². The molecule has 0 aromatic heterocycles. The van der Waals surface area contributed by atoms with Crippen molar-refractivity contribution in [3.8, 4) is 0 Å². The maximum Gasteiger partial charge on any atom is 2.00 e. The molecular formula is C39H34OP2Pt. The van der Waals surface area contributed by atoms with Crippen molar-refractivity contribution in [2.45, 2.75) is 0 Å². The van der Waals surface area contributed by atoms with Gasteiger partial charge in [-0.1, -0.05) is 182 Å². The van der Waals surface area contributed by atoms with E-state index in [1.54, 1.807) is 0 Å². The first kappa shape index (κ1) is 33.8. The van der Waals surface area contributed by atoms with Gasteiger partial charge >= 0.3 is 21.1 Å². The Morgan fingerprint density at radius 2 is 0.488 bits per heavy atom. The van der Waals surface area contributed by atoms with Gasteiger partial charge in [-0.2, -0.15) is 0 Å². The molecule has 0 fully saturated rings. The Hall–Kier alpha value is -3.72. The van der Waals surface area contributed by atoms with Crippen molar-refractivity contribution < 1.29 is 26.2 Å². The van der Waals surface area contributed by atoms with Crippen LogP contribution in [0.5, 0.6) is 0 Å². The predicted octanol–water partition coefficient (Wildman–Crippen LogP) is 6.58. The van der Waals surface area contributed by atoms with E-state index in [9.17, 15) is 5.11 Å². The smallest absolute Gasteiger partial charge is 0.899 e. The zero-order chi connectivity index (χ0) is 29.4. The van der Waals surface area contributed by atoms with Crippen LogP contribution < -0.4 is 36.9 Å². The maximum atomic E-state index is 9.22. The Kier molecular flexibility index (Phi) is 14.7. The van der Waals surface area contributed by atoms with Gasteiger partial charge in [0, 0.05) is 0 Å². The van der Waals surface area contributed by atoms with Crippen LogP contribution in [0.2, 0.25) is 0 Å². The fraction of sp³-hybridized carbons (Fsp3) is 0. The van der Waals surface area contributed by atoms with E-state index in [1.807, 2.05) is 0 Å². The van der Waals surface area contributed by atoms with Crippen LogP contribution in [0.1, 0.15) is 0 Å². The molecule has 6 aromatic carbocycles. The Morgan fingerprint density at radius 1 is 0.372 bits per heavy atom. The van der Waals surface area contributed by atoms with Gasteiger partial charge in [-0.05, 0) is 47.7 Å². The second-order valence-corrected chi connectivity index (χ2v) is 13.7. The van der Waals surface area contributed by atoms with Crippen molar-refractivity contribution >= 4 is 47.7 Å². The van der Waals surface area contributed by atoms with Crippen LogP contribution in [0.15, 0.2) is 194 Å². The molecule has 0 aliphatic rings. The summed E-state index contributed by atoms with van der Waals surface area (Å²) in [6, 6.07) is 64.7. The monoisotopic (exact) mass is 775 g/mol. The first-order valence-corrected chi connectivity index (χ1v) is 16.4. The summed E-state index contributed by atoms with van der Waals surface area (Å²) in [6.07, 6.45) is 0. The first-order valence-electron chi connectivity index (χ1n) is 13.7. The van der Waals surface area contributed by atoms with Gasteiger partial charge in [-0.3, -0.25) is 19.3 Å². The minimum absolute atomic E-state index is 0. The fourth-order valence-corrected chi connectivity index (χ4v) is 8.97. The number of allylic oxidation sites excluding steroid dienone is 1. The molecule has 0 N–H and O–H groups in total. The van der Waals surface area contributed by atoms with Gasteiger partial charge in [0.1, 0.15) is 0 Å². The number of rotatable bonds is 6. The molecule has 0 spiro atoms. The summed E-state index contributed by atoms with van der Waals surface area (Å²) < 4.78 is 0. The summed E-state index contributed by atoms with van der Waals surface area (Å²) in [5.41, 5.74) is 0. The van der Waals surface area contributed by atoms with E-state index in [-0.39, 0.29) is 26.8 Å². The molecule has 6 rings (SSSR count). The molecule has 0 atom stereocenters. The molecule has 43 heavy (non-hydrogen) atoms. The van der Waals surface area contributed by atoms with Crippen molar-refractivity contribution in [2.24, 2.45) is 0 Å². The summed E-state index contributed by atoms with van der Waals surface area (Å²) in [7, 11) is -0.892. The number of hydrogen-bond acceptors (Lipinski definition) is 1. The van der Waals surface area contributed by atoms with Crippen molar-refractivity contribution in [3.05, 3.63) is 201 Å². The van der Waals surface area contributed by atoms with Gasteiger partial charge in [0.05, 0.1) is 0 Å². The topological polar surface area (TPSA) is 23.1 Å². The van der Waals surface area contributed by atoms with E-state index in [4.69, 9.17) is 0 Å². The fourth-order valence-electron chi connectivity index (χ4n) is 4.36. The molecule has 4 heteroatoms. The SMILES string of the molecule is C=C([CH2-])[O-].[Pt+2].c1ccc(P(c2ccccc2)c2ccccc2)cc1.c1ccc(P(c2ccccc2)c2ccccc2)cc1. The van der Waals surface area contributed by atoms with E-state index in [0.29, 0.717) is 0 Å². The van der Waals surface area contributed by atoms with E-state index in [1.165, 1.54) is 31.8 Å². The van der Waals surface area contributed by atoms with Crippen molar-refractivity contribution in [3.63, 3.8) is 0 Å². The molecular weight excluding hydrogens is 741 g/mol. The minimum atomic E-state index is -0.446. The molecule has 0 heterocycles. The van der Waals surface area contributed by atoms with Gasteiger partial charge in [0.15, 0.2) is 0 Å². The minimum Gasteiger partial charge on any atom is -0.899 e. The molecule has 0 unspecified atom stereocenters. The van der Waals surface area contributed by atoms with E-state index in [0.717, 1.165) is 0 Å². The molecule has 0 amide bonds. The Labute approximate surface area is 273 Å². The molecule has 0 bridgehead atoms. The average molecular weight is 776 g/mol. The summed E-state index contributed by atoms with van der Waals surface area (Å²) in [4.78, 5) is 0. The molecule has 0 aliphatic carbocycles. The molecule has 0 aliphatic heterocycles. The normalized spacial score (nSPS) is 9.91. The van der Waals surface area contributed by atoms with E-state index < -0.39 is 15.8 Å². The predicted molar refractivity (Wildman–Crippen MR) is 185 cm³/mol. The molecule has 0 saturated heterocycles. The maximum absolute atomic E-state index is 9.22. The largest absolute Gasteiger partial charge is 2.00 e. The number of hydrogen-bond donors (Lipinski definition) is 0. The van der Waals surface area contributed by atoms with Gasteiger partial charge in [0.25, 0.3) is 0 Å². The third-order valence-corrected chi connectivity index (χ3v) is 11.0. The van der Waals surface area contributed by atoms with E-state index >= 15 is 0 Å². The Morgan fingerprint density at radius 3 is 0.605 bits per heavy atom. The van der Waals surface area contributed by atoms with Crippen molar-refractivity contribution in [1.82, 2.24) is 0 Å². The zero-order valence-electron chi connectivity index (χ0n) is 23.9. The zero-order valence-corrected chi connectivity index (χ0v) is 27.9. The summed E-state index contributed by atoms with van der Waals surface area (Å²) >= 11 is 0. The quantitative estimate of drug-likeness (QED) is 0.107. The van der Waals surface area contributed by atoms with Gasteiger partial charge in [-0.25, -0.2) is 0 Å². The summed E-state index contributed by atoms with van der Waals surface area (Å²) in [5, 5.41) is 17.6. The summed E-state index contributed by atoms with van der Waals surface area (Å²) in [5.74, 6) is -0.333. The van der Waals surface area contributed by atoms with Crippen LogP contribution in [-0.4, -0.2) is 0 Å².